The number of aromatic nitrogens is 3. The van der Waals surface area contributed by atoms with Gasteiger partial charge in [-0.05, 0) is 44.0 Å². The Hall–Kier alpha value is -1.68. The van der Waals surface area contributed by atoms with Crippen LogP contribution in [0.5, 0.6) is 0 Å². The van der Waals surface area contributed by atoms with Crippen LogP contribution in [0.3, 0.4) is 0 Å². The van der Waals surface area contributed by atoms with E-state index < -0.39 is 0 Å². The zero-order valence-electron chi connectivity index (χ0n) is 11.6. The number of pyridine rings is 1. The summed E-state index contributed by atoms with van der Waals surface area (Å²) in [5.74, 6) is 1.60. The van der Waals surface area contributed by atoms with Gasteiger partial charge in [-0.1, -0.05) is 6.92 Å². The van der Waals surface area contributed by atoms with E-state index >= 15 is 0 Å². The largest absolute Gasteiger partial charge is 0.313 e. The molecular formula is C15H20N4. The van der Waals surface area contributed by atoms with E-state index in [1.807, 2.05) is 23.1 Å². The van der Waals surface area contributed by atoms with E-state index in [4.69, 9.17) is 0 Å². The van der Waals surface area contributed by atoms with Crippen molar-refractivity contribution in [3.63, 3.8) is 0 Å². The van der Waals surface area contributed by atoms with Crippen LogP contribution in [0.2, 0.25) is 0 Å². The molecule has 1 N–H and O–H groups in total. The highest BCUT2D eigenvalue weighted by Crippen LogP contribution is 2.42. The summed E-state index contributed by atoms with van der Waals surface area (Å²) in [7, 11) is 0. The van der Waals surface area contributed by atoms with Gasteiger partial charge < -0.3 is 5.32 Å². The molecule has 4 heteroatoms. The van der Waals surface area contributed by atoms with Gasteiger partial charge in [0, 0.05) is 24.2 Å². The molecule has 2 aromatic heterocycles. The molecule has 0 bridgehead atoms. The smallest absolute Gasteiger partial charge is 0.153 e. The average molecular weight is 256 g/mol. The fourth-order valence-corrected chi connectivity index (χ4v) is 2.40. The van der Waals surface area contributed by atoms with E-state index in [9.17, 15) is 0 Å². The molecule has 0 amide bonds. The molecule has 2 aromatic rings. The molecule has 1 fully saturated rings. The molecule has 0 spiro atoms. The van der Waals surface area contributed by atoms with Gasteiger partial charge in [-0.25, -0.2) is 9.67 Å². The topological polar surface area (TPSA) is 42.7 Å². The average Bonchev–Trinajstić information content (AvgIpc) is 3.16. The Labute approximate surface area is 113 Å². The second-order valence-corrected chi connectivity index (χ2v) is 5.21. The monoisotopic (exact) mass is 256 g/mol. The van der Waals surface area contributed by atoms with Crippen molar-refractivity contribution >= 4 is 0 Å². The van der Waals surface area contributed by atoms with Crippen LogP contribution in [0.25, 0.3) is 5.82 Å². The first-order valence-corrected chi connectivity index (χ1v) is 7.00. The zero-order chi connectivity index (χ0) is 13.2. The fourth-order valence-electron chi connectivity index (χ4n) is 2.40. The van der Waals surface area contributed by atoms with Gasteiger partial charge in [0.25, 0.3) is 0 Å². The standard InChI is InChI=1S/C15H20N4/c1-3-16-9-13-10-18-19(15(13)12-4-5-12)14-8-11(2)6-7-17-14/h6-8,10,12,16H,3-5,9H2,1-2H3. The molecule has 4 nitrogen and oxygen atoms in total. The minimum absolute atomic E-state index is 0.665. The van der Waals surface area contributed by atoms with E-state index in [0.29, 0.717) is 5.92 Å². The molecule has 2 heterocycles. The van der Waals surface area contributed by atoms with Crippen molar-refractivity contribution in [2.24, 2.45) is 0 Å². The molecular weight excluding hydrogens is 236 g/mol. The van der Waals surface area contributed by atoms with Crippen molar-refractivity contribution in [2.45, 2.75) is 39.2 Å². The van der Waals surface area contributed by atoms with Crippen LogP contribution in [0.1, 0.15) is 42.5 Å². The van der Waals surface area contributed by atoms with Crippen molar-refractivity contribution in [3.8, 4) is 5.82 Å². The number of nitrogens with zero attached hydrogens (tertiary/aromatic N) is 3. The minimum atomic E-state index is 0.665. The predicted octanol–water partition coefficient (Wildman–Crippen LogP) is 2.56. The van der Waals surface area contributed by atoms with Crippen LogP contribution in [0.4, 0.5) is 0 Å². The molecule has 0 radical (unpaired) electrons. The SMILES string of the molecule is CCNCc1cnn(-c2cc(C)ccn2)c1C1CC1. The first-order chi connectivity index (χ1) is 9.29. The van der Waals surface area contributed by atoms with Crippen molar-refractivity contribution in [1.82, 2.24) is 20.1 Å². The first kappa shape index (κ1) is 12.4. The molecule has 0 aromatic carbocycles. The van der Waals surface area contributed by atoms with Gasteiger partial charge in [-0.2, -0.15) is 5.10 Å². The van der Waals surface area contributed by atoms with Gasteiger partial charge >= 0.3 is 0 Å². The summed E-state index contributed by atoms with van der Waals surface area (Å²) in [6, 6.07) is 4.11. The summed E-state index contributed by atoms with van der Waals surface area (Å²) >= 11 is 0. The molecule has 1 aliphatic carbocycles. The lowest BCUT2D eigenvalue weighted by Crippen LogP contribution is -2.13. The van der Waals surface area contributed by atoms with Crippen LogP contribution in [0, 0.1) is 6.92 Å². The number of aryl methyl sites for hydroxylation is 1. The Morgan fingerprint density at radius 1 is 1.42 bits per heavy atom. The molecule has 0 saturated heterocycles. The Kier molecular flexibility index (Phi) is 3.34. The Bertz CT molecular complexity index is 569. The summed E-state index contributed by atoms with van der Waals surface area (Å²) in [4.78, 5) is 4.45. The Morgan fingerprint density at radius 3 is 2.95 bits per heavy atom. The highest BCUT2D eigenvalue weighted by atomic mass is 15.3. The number of rotatable bonds is 5. The molecule has 1 saturated carbocycles. The number of hydrogen-bond donors (Lipinski definition) is 1. The van der Waals surface area contributed by atoms with Crippen molar-refractivity contribution in [1.29, 1.82) is 0 Å². The molecule has 1 aliphatic rings. The van der Waals surface area contributed by atoms with Crippen LogP contribution in [0.15, 0.2) is 24.5 Å². The van der Waals surface area contributed by atoms with Crippen LogP contribution in [-0.4, -0.2) is 21.3 Å². The molecule has 19 heavy (non-hydrogen) atoms. The van der Waals surface area contributed by atoms with Crippen molar-refractivity contribution in [2.75, 3.05) is 6.54 Å². The molecule has 100 valence electrons. The van der Waals surface area contributed by atoms with Crippen LogP contribution < -0.4 is 5.32 Å². The van der Waals surface area contributed by atoms with Crippen LogP contribution in [-0.2, 0) is 6.54 Å². The van der Waals surface area contributed by atoms with Gasteiger partial charge in [-0.3, -0.25) is 0 Å². The van der Waals surface area contributed by atoms with E-state index in [1.54, 1.807) is 0 Å². The molecule has 3 rings (SSSR count). The lowest BCUT2D eigenvalue weighted by molar-refractivity contribution is 0.712. The molecule has 0 unspecified atom stereocenters. The highest BCUT2D eigenvalue weighted by molar-refractivity contribution is 5.35. The van der Waals surface area contributed by atoms with Crippen molar-refractivity contribution < 1.29 is 0 Å². The van der Waals surface area contributed by atoms with Crippen molar-refractivity contribution in [3.05, 3.63) is 41.3 Å². The maximum atomic E-state index is 4.56. The van der Waals surface area contributed by atoms with Gasteiger partial charge in [-0.15, -0.1) is 0 Å². The van der Waals surface area contributed by atoms with Gasteiger partial charge in [0.05, 0.1) is 11.9 Å². The highest BCUT2D eigenvalue weighted by Gasteiger charge is 2.30. The predicted molar refractivity (Wildman–Crippen MR) is 75.5 cm³/mol. The van der Waals surface area contributed by atoms with Gasteiger partial charge in [0.1, 0.15) is 0 Å². The number of nitrogens with one attached hydrogen (secondary N) is 1. The Balaban J connectivity index is 1.99. The lowest BCUT2D eigenvalue weighted by Gasteiger charge is -2.09. The second-order valence-electron chi connectivity index (χ2n) is 5.21. The van der Waals surface area contributed by atoms with Gasteiger partial charge in [0.2, 0.25) is 0 Å². The third-order valence-corrected chi connectivity index (χ3v) is 3.53. The van der Waals surface area contributed by atoms with E-state index in [-0.39, 0.29) is 0 Å². The Morgan fingerprint density at radius 2 is 2.26 bits per heavy atom. The summed E-state index contributed by atoms with van der Waals surface area (Å²) < 4.78 is 2.03. The third kappa shape index (κ3) is 2.54. The summed E-state index contributed by atoms with van der Waals surface area (Å²) in [6.45, 7) is 6.10. The first-order valence-electron chi connectivity index (χ1n) is 7.00. The minimum Gasteiger partial charge on any atom is -0.313 e. The summed E-state index contributed by atoms with van der Waals surface area (Å²) in [6.07, 6.45) is 6.39. The summed E-state index contributed by atoms with van der Waals surface area (Å²) in [5, 5.41) is 7.95. The quantitative estimate of drug-likeness (QED) is 0.894. The second kappa shape index (κ2) is 5.13. The van der Waals surface area contributed by atoms with E-state index in [2.05, 4.69) is 35.3 Å². The maximum Gasteiger partial charge on any atom is 0.153 e. The fraction of sp³-hybridized carbons (Fsp3) is 0.467. The lowest BCUT2D eigenvalue weighted by atomic mass is 10.1. The molecule has 0 atom stereocenters. The van der Waals surface area contributed by atoms with Crippen LogP contribution >= 0.6 is 0 Å². The summed E-state index contributed by atoms with van der Waals surface area (Å²) in [5.41, 5.74) is 3.88. The van der Waals surface area contributed by atoms with Gasteiger partial charge in [0.15, 0.2) is 5.82 Å². The third-order valence-electron chi connectivity index (χ3n) is 3.53. The number of hydrogen-bond acceptors (Lipinski definition) is 3. The zero-order valence-corrected chi connectivity index (χ0v) is 11.6. The normalized spacial score (nSPS) is 14.8. The van der Waals surface area contributed by atoms with E-state index in [0.717, 1.165) is 18.9 Å². The van der Waals surface area contributed by atoms with E-state index in [1.165, 1.54) is 29.7 Å². The maximum absolute atomic E-state index is 4.56. The molecule has 0 aliphatic heterocycles.